The van der Waals surface area contributed by atoms with Crippen LogP contribution in [0.4, 0.5) is 15.0 Å². The molecule has 0 aliphatic carbocycles. The number of fused-ring (bicyclic) bond motifs is 1. The molecule has 0 saturated carbocycles. The molecule has 1 amide bonds. The van der Waals surface area contributed by atoms with Gasteiger partial charge < -0.3 is 14.5 Å². The van der Waals surface area contributed by atoms with Crippen LogP contribution in [-0.4, -0.2) is 26.6 Å². The summed E-state index contributed by atoms with van der Waals surface area (Å²) < 4.78 is 24.8. The lowest BCUT2D eigenvalue weighted by Crippen LogP contribution is -2.31. The van der Waals surface area contributed by atoms with E-state index in [1.165, 1.54) is 30.5 Å². The van der Waals surface area contributed by atoms with Gasteiger partial charge in [-0.05, 0) is 45.0 Å². The number of benzene rings is 1. The third-order valence-electron chi connectivity index (χ3n) is 3.28. The monoisotopic (exact) mass is 372 g/mol. The summed E-state index contributed by atoms with van der Waals surface area (Å²) in [6.45, 7) is 4.95. The molecule has 9 heteroatoms. The second-order valence-electron chi connectivity index (χ2n) is 6.61. The lowest BCUT2D eigenvalue weighted by atomic mass is 10.2. The van der Waals surface area contributed by atoms with E-state index in [4.69, 9.17) is 9.47 Å². The Morgan fingerprint density at radius 1 is 1.15 bits per heavy atom. The predicted octanol–water partition coefficient (Wildman–Crippen LogP) is 3.74. The first-order valence-electron chi connectivity index (χ1n) is 8.04. The highest BCUT2D eigenvalue weighted by Gasteiger charge is 2.23. The predicted molar refractivity (Wildman–Crippen MR) is 96.5 cm³/mol. The van der Waals surface area contributed by atoms with Crippen LogP contribution in [0.25, 0.3) is 11.2 Å². The highest BCUT2D eigenvalue weighted by Crippen LogP contribution is 2.28. The Balaban J connectivity index is 1.79. The molecular weight excluding hydrogens is 355 g/mol. The van der Waals surface area contributed by atoms with Gasteiger partial charge in [-0.3, -0.25) is 4.79 Å². The Morgan fingerprint density at radius 3 is 2.52 bits per heavy atom. The summed E-state index contributed by atoms with van der Waals surface area (Å²) in [7, 11) is 0. The zero-order valence-corrected chi connectivity index (χ0v) is 14.9. The number of anilines is 1. The standard InChI is InChI=1S/C18H17FN4O4/c1-18(2,3)27-17(25)23(19)11-4-6-12(7-5-11)26-13-8-9-20-16-15(13)21-10-14(24)22-16/h4-10H,1-3H3,(H,20,22,24). The second-order valence-corrected chi connectivity index (χ2v) is 6.61. The number of hydrogen-bond acceptors (Lipinski definition) is 6. The molecule has 0 fully saturated rings. The van der Waals surface area contributed by atoms with Gasteiger partial charge >= 0.3 is 6.09 Å². The van der Waals surface area contributed by atoms with Crippen LogP contribution in [0, 0.1) is 0 Å². The highest BCUT2D eigenvalue weighted by molar-refractivity contribution is 5.85. The van der Waals surface area contributed by atoms with Crippen molar-refractivity contribution in [1.82, 2.24) is 15.0 Å². The molecule has 0 unspecified atom stereocenters. The third kappa shape index (κ3) is 4.38. The Kier molecular flexibility index (Phi) is 4.76. The summed E-state index contributed by atoms with van der Waals surface area (Å²) >= 11 is 0. The van der Waals surface area contributed by atoms with Gasteiger partial charge in [0.15, 0.2) is 11.4 Å². The van der Waals surface area contributed by atoms with Crippen LogP contribution in [0.15, 0.2) is 47.5 Å². The minimum atomic E-state index is -1.11. The molecule has 0 bridgehead atoms. The molecule has 0 aliphatic heterocycles. The van der Waals surface area contributed by atoms with Gasteiger partial charge in [0, 0.05) is 12.3 Å². The van der Waals surface area contributed by atoms with Gasteiger partial charge in [0.25, 0.3) is 5.56 Å². The molecule has 3 aromatic rings. The third-order valence-corrected chi connectivity index (χ3v) is 3.28. The first-order chi connectivity index (χ1) is 12.7. The zero-order chi connectivity index (χ0) is 19.6. The van der Waals surface area contributed by atoms with Crippen LogP contribution in [0.1, 0.15) is 20.8 Å². The maximum Gasteiger partial charge on any atom is 0.443 e. The second kappa shape index (κ2) is 7.02. The fraction of sp³-hybridized carbons (Fsp3) is 0.222. The topological polar surface area (TPSA) is 97.4 Å². The van der Waals surface area contributed by atoms with Crippen LogP contribution < -0.4 is 15.4 Å². The van der Waals surface area contributed by atoms with Crippen molar-refractivity contribution >= 4 is 22.9 Å². The summed E-state index contributed by atoms with van der Waals surface area (Å²) in [6.07, 6.45) is 1.49. The van der Waals surface area contributed by atoms with Crippen molar-refractivity contribution in [2.45, 2.75) is 26.4 Å². The van der Waals surface area contributed by atoms with E-state index in [0.717, 1.165) is 6.20 Å². The maximum absolute atomic E-state index is 14.1. The fourth-order valence-corrected chi connectivity index (χ4v) is 2.19. The van der Waals surface area contributed by atoms with E-state index in [-0.39, 0.29) is 22.0 Å². The number of ether oxygens (including phenoxy) is 2. The number of aromatic nitrogens is 3. The summed E-state index contributed by atoms with van der Waals surface area (Å²) in [5.74, 6) is 0.755. The number of amides is 1. The van der Waals surface area contributed by atoms with Crippen molar-refractivity contribution < 1.29 is 18.7 Å². The number of rotatable bonds is 3. The minimum Gasteiger partial charge on any atom is -0.455 e. The fourth-order valence-electron chi connectivity index (χ4n) is 2.19. The number of nitrogens with one attached hydrogen (secondary N) is 1. The molecule has 0 atom stereocenters. The lowest BCUT2D eigenvalue weighted by molar-refractivity contribution is 0.0501. The Bertz CT molecular complexity index is 1030. The Hall–Kier alpha value is -3.49. The van der Waals surface area contributed by atoms with Gasteiger partial charge in [-0.15, -0.1) is 5.12 Å². The van der Waals surface area contributed by atoms with Crippen LogP contribution in [0.3, 0.4) is 0 Å². The quantitative estimate of drug-likeness (QED) is 0.704. The highest BCUT2D eigenvalue weighted by atomic mass is 19.2. The van der Waals surface area contributed by atoms with E-state index < -0.39 is 11.7 Å². The average Bonchev–Trinajstić information content (AvgIpc) is 2.60. The van der Waals surface area contributed by atoms with E-state index in [1.807, 2.05) is 0 Å². The van der Waals surface area contributed by atoms with E-state index >= 15 is 0 Å². The smallest absolute Gasteiger partial charge is 0.443 e. The molecule has 0 radical (unpaired) electrons. The van der Waals surface area contributed by atoms with Crippen molar-refractivity contribution in [2.24, 2.45) is 0 Å². The Morgan fingerprint density at radius 2 is 1.85 bits per heavy atom. The summed E-state index contributed by atoms with van der Waals surface area (Å²) in [6, 6.07) is 7.31. The van der Waals surface area contributed by atoms with E-state index in [2.05, 4.69) is 15.0 Å². The number of H-pyrrole nitrogens is 1. The first kappa shape index (κ1) is 18.3. The van der Waals surface area contributed by atoms with Crippen molar-refractivity contribution in [3.8, 4) is 11.5 Å². The van der Waals surface area contributed by atoms with Gasteiger partial charge in [-0.25, -0.2) is 14.8 Å². The van der Waals surface area contributed by atoms with Crippen LogP contribution in [-0.2, 0) is 4.74 Å². The maximum atomic E-state index is 14.1. The number of nitrogens with zero attached hydrogens (tertiary/aromatic N) is 3. The number of carbonyl (C=O) groups is 1. The van der Waals surface area contributed by atoms with E-state index in [1.54, 1.807) is 26.8 Å². The van der Waals surface area contributed by atoms with Gasteiger partial charge in [-0.1, -0.05) is 4.48 Å². The number of halogens is 1. The molecule has 27 heavy (non-hydrogen) atoms. The molecule has 2 aromatic heterocycles. The minimum absolute atomic E-state index is 0.00126. The summed E-state index contributed by atoms with van der Waals surface area (Å²) in [4.78, 5) is 33.7. The zero-order valence-electron chi connectivity index (χ0n) is 14.9. The van der Waals surface area contributed by atoms with E-state index in [9.17, 15) is 14.1 Å². The Labute approximate surface area is 153 Å². The van der Waals surface area contributed by atoms with Crippen LogP contribution in [0.5, 0.6) is 11.5 Å². The summed E-state index contributed by atoms with van der Waals surface area (Å²) in [5, 5.41) is -0.0802. The molecule has 2 heterocycles. The summed E-state index contributed by atoms with van der Waals surface area (Å²) in [5.41, 5.74) is -0.514. The van der Waals surface area contributed by atoms with Crippen molar-refractivity contribution in [2.75, 3.05) is 5.12 Å². The molecular formula is C18H17FN4O4. The van der Waals surface area contributed by atoms with Gasteiger partial charge in [0.1, 0.15) is 16.9 Å². The average molecular weight is 372 g/mol. The largest absolute Gasteiger partial charge is 0.455 e. The number of pyridine rings is 1. The SMILES string of the molecule is CC(C)(C)OC(=O)N(F)c1ccc(Oc2ccnc3[nH]c(=O)cnc23)cc1. The molecule has 8 nitrogen and oxygen atoms in total. The molecule has 0 aliphatic rings. The van der Waals surface area contributed by atoms with E-state index in [0.29, 0.717) is 17.0 Å². The number of aromatic amines is 1. The first-order valence-corrected chi connectivity index (χ1v) is 8.04. The van der Waals surface area contributed by atoms with Crippen LogP contribution >= 0.6 is 0 Å². The lowest BCUT2D eigenvalue weighted by Gasteiger charge is -2.22. The van der Waals surface area contributed by atoms with Crippen molar-refractivity contribution in [3.63, 3.8) is 0 Å². The molecule has 0 saturated heterocycles. The molecule has 1 N–H and O–H groups in total. The van der Waals surface area contributed by atoms with Crippen molar-refractivity contribution in [1.29, 1.82) is 0 Å². The number of carbonyl (C=O) groups excluding carboxylic acids is 1. The van der Waals surface area contributed by atoms with Gasteiger partial charge in [0.2, 0.25) is 0 Å². The molecule has 1 aromatic carbocycles. The molecule has 0 spiro atoms. The normalized spacial score (nSPS) is 11.3. The van der Waals surface area contributed by atoms with Gasteiger partial charge in [-0.2, -0.15) is 0 Å². The number of hydrogen-bond donors (Lipinski definition) is 1. The molecule has 3 rings (SSSR count). The van der Waals surface area contributed by atoms with Gasteiger partial charge in [0.05, 0.1) is 11.9 Å². The van der Waals surface area contributed by atoms with Crippen molar-refractivity contribution in [3.05, 3.63) is 53.1 Å². The van der Waals surface area contributed by atoms with Crippen LogP contribution in [0.2, 0.25) is 0 Å². The molecule has 140 valence electrons.